The Morgan fingerprint density at radius 1 is 1.00 bits per heavy atom. The van der Waals surface area contributed by atoms with Crippen LogP contribution in [0.4, 0.5) is 0 Å². The van der Waals surface area contributed by atoms with Crippen LogP contribution in [-0.4, -0.2) is 31.1 Å². The summed E-state index contributed by atoms with van der Waals surface area (Å²) in [4.78, 5) is 36.1. The highest BCUT2D eigenvalue weighted by atomic mass is 32.1. The third-order valence-corrected chi connectivity index (χ3v) is 3.86. The predicted molar refractivity (Wildman–Crippen MR) is 86.0 cm³/mol. The van der Waals surface area contributed by atoms with Gasteiger partial charge in [-0.1, -0.05) is 5.57 Å². The fourth-order valence-corrected chi connectivity index (χ4v) is 2.73. The van der Waals surface area contributed by atoms with Gasteiger partial charge in [-0.3, -0.25) is 0 Å². The van der Waals surface area contributed by atoms with Gasteiger partial charge in [0.05, 0.1) is 13.2 Å². The van der Waals surface area contributed by atoms with E-state index in [1.54, 1.807) is 34.6 Å². The van der Waals surface area contributed by atoms with Gasteiger partial charge in [0.15, 0.2) is 10.6 Å². The topological polar surface area (TPSA) is 78.9 Å². The molecule has 0 N–H and O–H groups in total. The van der Waals surface area contributed by atoms with E-state index < -0.39 is 17.9 Å². The van der Waals surface area contributed by atoms with E-state index >= 15 is 0 Å². The molecule has 7 heteroatoms. The van der Waals surface area contributed by atoms with E-state index in [1.807, 2.05) is 0 Å². The first-order valence-corrected chi connectivity index (χ1v) is 7.97. The summed E-state index contributed by atoms with van der Waals surface area (Å²) in [6, 6.07) is 0. The molecule has 0 radical (unpaired) electrons. The lowest BCUT2D eigenvalue weighted by Gasteiger charge is -2.05. The maximum atomic E-state index is 12.0. The Hall–Kier alpha value is -2.15. The molecule has 0 aliphatic heterocycles. The van der Waals surface area contributed by atoms with Crippen molar-refractivity contribution in [1.82, 2.24) is 0 Å². The fraction of sp³-hybridized carbons (Fsp3) is 0.438. The monoisotopic (exact) mass is 340 g/mol. The van der Waals surface area contributed by atoms with Crippen molar-refractivity contribution in [2.45, 2.75) is 34.6 Å². The van der Waals surface area contributed by atoms with Crippen molar-refractivity contribution in [2.24, 2.45) is 0 Å². The highest BCUT2D eigenvalue weighted by Gasteiger charge is 2.28. The number of rotatable bonds is 6. The normalized spacial score (nSPS) is 9.96. The molecule has 6 nitrogen and oxygen atoms in total. The second-order valence-electron chi connectivity index (χ2n) is 4.80. The average Bonchev–Trinajstić information content (AvgIpc) is 2.76. The van der Waals surface area contributed by atoms with Gasteiger partial charge in [0.1, 0.15) is 4.88 Å². The highest BCUT2D eigenvalue weighted by molar-refractivity contribution is 7.16. The Morgan fingerprint density at radius 3 is 2.00 bits per heavy atom. The molecular weight excluding hydrogens is 320 g/mol. The Balaban J connectivity index is 3.28. The fourth-order valence-electron chi connectivity index (χ4n) is 1.71. The lowest BCUT2D eigenvalue weighted by molar-refractivity contribution is -0.129. The summed E-state index contributed by atoms with van der Waals surface area (Å²) in [5.41, 5.74) is 1.14. The molecule has 0 spiro atoms. The van der Waals surface area contributed by atoms with Gasteiger partial charge in [-0.05, 0) is 34.6 Å². The minimum atomic E-state index is -0.642. The van der Waals surface area contributed by atoms with E-state index in [1.165, 1.54) is 6.08 Å². The molecule has 23 heavy (non-hydrogen) atoms. The van der Waals surface area contributed by atoms with E-state index in [0.29, 0.717) is 5.56 Å². The van der Waals surface area contributed by atoms with Crippen LogP contribution in [0.1, 0.15) is 52.6 Å². The molecule has 0 aliphatic carbocycles. The minimum absolute atomic E-state index is 0.0407. The third-order valence-electron chi connectivity index (χ3n) is 2.62. The number of thiophene rings is 1. The Bertz CT molecular complexity index is 637. The Kier molecular flexibility index (Phi) is 6.96. The summed E-state index contributed by atoms with van der Waals surface area (Å²) >= 11 is 0.896. The SMILES string of the molecule is CCOC(=O)c1sc(C(=O)OCC)c(OC(=O)C=C(C)C)c1C. The van der Waals surface area contributed by atoms with Crippen molar-refractivity contribution in [1.29, 1.82) is 0 Å². The molecule has 0 atom stereocenters. The van der Waals surface area contributed by atoms with Crippen molar-refractivity contribution >= 4 is 29.2 Å². The highest BCUT2D eigenvalue weighted by Crippen LogP contribution is 2.36. The number of ether oxygens (including phenoxy) is 3. The van der Waals surface area contributed by atoms with Crippen LogP contribution < -0.4 is 4.74 Å². The first kappa shape index (κ1) is 18.9. The van der Waals surface area contributed by atoms with Crippen molar-refractivity contribution in [2.75, 3.05) is 13.2 Å². The molecule has 0 bridgehead atoms. The van der Waals surface area contributed by atoms with Crippen LogP contribution in [0.2, 0.25) is 0 Å². The zero-order chi connectivity index (χ0) is 17.6. The van der Waals surface area contributed by atoms with Crippen molar-refractivity contribution < 1.29 is 28.6 Å². The summed E-state index contributed by atoms with van der Waals surface area (Å²) in [5.74, 6) is -1.79. The van der Waals surface area contributed by atoms with Crippen molar-refractivity contribution in [3.63, 3.8) is 0 Å². The van der Waals surface area contributed by atoms with E-state index in [-0.39, 0.29) is 28.7 Å². The van der Waals surface area contributed by atoms with Crippen molar-refractivity contribution in [3.05, 3.63) is 27.0 Å². The van der Waals surface area contributed by atoms with E-state index in [4.69, 9.17) is 14.2 Å². The summed E-state index contributed by atoms with van der Waals surface area (Å²) in [7, 11) is 0. The van der Waals surface area contributed by atoms with E-state index in [2.05, 4.69) is 0 Å². The molecule has 1 rings (SSSR count). The number of allylic oxidation sites excluding steroid dienone is 1. The molecule has 0 fully saturated rings. The van der Waals surface area contributed by atoms with Gasteiger partial charge in [-0.15, -0.1) is 11.3 Å². The number of esters is 3. The summed E-state index contributed by atoms with van der Waals surface area (Å²) in [5, 5.41) is 0. The zero-order valence-electron chi connectivity index (χ0n) is 13.8. The standard InChI is InChI=1S/C16H20O6S/c1-6-20-15(18)13-10(5)12(22-11(17)8-9(3)4)14(23-13)16(19)21-7-2/h8H,6-7H2,1-5H3. The van der Waals surface area contributed by atoms with Gasteiger partial charge in [-0.25, -0.2) is 14.4 Å². The third kappa shape index (κ3) is 4.92. The molecule has 1 aromatic rings. The van der Waals surface area contributed by atoms with Gasteiger partial charge in [-0.2, -0.15) is 0 Å². The predicted octanol–water partition coefficient (Wildman–Crippen LogP) is 3.28. The molecular formula is C16H20O6S. The van der Waals surface area contributed by atoms with Gasteiger partial charge < -0.3 is 14.2 Å². The van der Waals surface area contributed by atoms with E-state index in [0.717, 1.165) is 16.9 Å². The van der Waals surface area contributed by atoms with Gasteiger partial charge in [0, 0.05) is 11.6 Å². The summed E-state index contributed by atoms with van der Waals surface area (Å²) in [6.07, 6.45) is 1.30. The molecule has 1 heterocycles. The molecule has 0 aromatic carbocycles. The van der Waals surface area contributed by atoms with Crippen LogP contribution in [-0.2, 0) is 14.3 Å². The lowest BCUT2D eigenvalue weighted by Crippen LogP contribution is -2.10. The molecule has 0 amide bonds. The van der Waals surface area contributed by atoms with Crippen LogP contribution in [0.3, 0.4) is 0 Å². The second-order valence-corrected chi connectivity index (χ2v) is 5.82. The number of hydrogen-bond acceptors (Lipinski definition) is 7. The maximum Gasteiger partial charge on any atom is 0.352 e. The smallest absolute Gasteiger partial charge is 0.352 e. The molecule has 126 valence electrons. The summed E-state index contributed by atoms with van der Waals surface area (Å²) < 4.78 is 15.2. The van der Waals surface area contributed by atoms with Crippen LogP contribution in [0.15, 0.2) is 11.6 Å². The number of hydrogen-bond donors (Lipinski definition) is 0. The first-order valence-electron chi connectivity index (χ1n) is 7.16. The van der Waals surface area contributed by atoms with Gasteiger partial charge >= 0.3 is 17.9 Å². The largest absolute Gasteiger partial charge is 0.462 e. The molecule has 0 saturated carbocycles. The van der Waals surface area contributed by atoms with Crippen LogP contribution in [0.5, 0.6) is 5.75 Å². The van der Waals surface area contributed by atoms with Gasteiger partial charge in [0.25, 0.3) is 0 Å². The Labute approximate surface area is 139 Å². The molecule has 0 saturated heterocycles. The Morgan fingerprint density at radius 2 is 1.52 bits per heavy atom. The second kappa shape index (κ2) is 8.47. The first-order chi connectivity index (χ1) is 10.8. The lowest BCUT2D eigenvalue weighted by atomic mass is 10.2. The molecule has 1 aromatic heterocycles. The summed E-state index contributed by atoms with van der Waals surface area (Å²) in [6.45, 7) is 8.82. The van der Waals surface area contributed by atoms with Crippen LogP contribution in [0.25, 0.3) is 0 Å². The zero-order valence-corrected chi connectivity index (χ0v) is 14.7. The maximum absolute atomic E-state index is 12.0. The molecule has 0 unspecified atom stereocenters. The van der Waals surface area contributed by atoms with E-state index in [9.17, 15) is 14.4 Å². The van der Waals surface area contributed by atoms with Crippen molar-refractivity contribution in [3.8, 4) is 5.75 Å². The number of carbonyl (C=O) groups excluding carboxylic acids is 3. The average molecular weight is 340 g/mol. The van der Waals surface area contributed by atoms with Gasteiger partial charge in [0.2, 0.25) is 0 Å². The quantitative estimate of drug-likeness (QED) is 0.584. The van der Waals surface area contributed by atoms with Crippen LogP contribution >= 0.6 is 11.3 Å². The minimum Gasteiger partial charge on any atom is -0.462 e. The number of carbonyl (C=O) groups is 3. The van der Waals surface area contributed by atoms with Crippen LogP contribution in [0, 0.1) is 6.92 Å². The molecule has 0 aliphatic rings.